The lowest BCUT2D eigenvalue weighted by Gasteiger charge is -2.02. The molecule has 0 bridgehead atoms. The number of nitrogens with one attached hydrogen (secondary N) is 1. The van der Waals surface area contributed by atoms with E-state index >= 15 is 0 Å². The van der Waals surface area contributed by atoms with Crippen LogP contribution in [0, 0.1) is 0 Å². The second-order valence-corrected chi connectivity index (χ2v) is 3.58. The lowest BCUT2D eigenvalue weighted by Crippen LogP contribution is -2.29. The number of nitrogens with two attached hydrogens (primary N) is 1. The molecule has 0 aliphatic rings. The highest BCUT2D eigenvalue weighted by Gasteiger charge is 2.00. The summed E-state index contributed by atoms with van der Waals surface area (Å²) in [6.45, 7) is -0.394. The van der Waals surface area contributed by atoms with Crippen molar-refractivity contribution in [2.75, 3.05) is 6.73 Å². The van der Waals surface area contributed by atoms with Crippen molar-refractivity contribution in [3.05, 3.63) is 54.6 Å². The van der Waals surface area contributed by atoms with E-state index in [0.29, 0.717) is 5.75 Å². The summed E-state index contributed by atoms with van der Waals surface area (Å²) in [5.41, 5.74) is 6.41. The number of aromatic hydroxyl groups is 1. The van der Waals surface area contributed by atoms with Crippen molar-refractivity contribution >= 4 is 6.03 Å². The van der Waals surface area contributed by atoms with Crippen LogP contribution in [0.4, 0.5) is 4.79 Å². The van der Waals surface area contributed by atoms with Crippen LogP contribution in [0.5, 0.6) is 5.75 Å². The van der Waals surface area contributed by atoms with Crippen LogP contribution in [-0.4, -0.2) is 23.0 Å². The minimum Gasteiger partial charge on any atom is -0.507 e. The fraction of sp³-hybridized carbons (Fsp3) is 0.0714. The highest BCUT2D eigenvalue weighted by molar-refractivity contribution is 5.71. The summed E-state index contributed by atoms with van der Waals surface area (Å²) in [5.74, 6) is 0.328. The monoisotopic (exact) mass is 260 g/mol. The first-order valence-electron chi connectivity index (χ1n) is 5.62. The molecule has 0 saturated heterocycles. The largest absolute Gasteiger partial charge is 0.507 e. The third kappa shape index (κ3) is 5.10. The van der Waals surface area contributed by atoms with E-state index in [9.17, 15) is 9.90 Å². The van der Waals surface area contributed by atoms with Gasteiger partial charge in [-0.2, -0.15) is 0 Å². The quantitative estimate of drug-likeness (QED) is 0.618. The van der Waals surface area contributed by atoms with Gasteiger partial charge in [0.25, 0.3) is 0 Å². The Morgan fingerprint density at radius 1 is 1.05 bits per heavy atom. The maximum Gasteiger partial charge on any atom is 0.313 e. The van der Waals surface area contributed by atoms with Gasteiger partial charge in [-0.3, -0.25) is 0 Å². The van der Waals surface area contributed by atoms with Crippen LogP contribution in [0.25, 0.3) is 11.1 Å². The SMILES string of the molecule is NC(=O)NCO.Oc1ccccc1-c1ccccc1. The van der Waals surface area contributed by atoms with Crippen LogP contribution in [-0.2, 0) is 0 Å². The Balaban J connectivity index is 0.000000258. The van der Waals surface area contributed by atoms with Crippen LogP contribution in [0.1, 0.15) is 0 Å². The number of amides is 2. The van der Waals surface area contributed by atoms with E-state index < -0.39 is 12.8 Å². The number of aliphatic hydroxyl groups excluding tert-OH is 1. The van der Waals surface area contributed by atoms with Crippen LogP contribution in [0.15, 0.2) is 54.6 Å². The molecule has 5 heteroatoms. The van der Waals surface area contributed by atoms with Crippen LogP contribution >= 0.6 is 0 Å². The Kier molecular flexibility index (Phi) is 5.91. The predicted octanol–water partition coefficient (Wildman–Crippen LogP) is 1.66. The third-order valence-corrected chi connectivity index (χ3v) is 2.24. The van der Waals surface area contributed by atoms with Gasteiger partial charge in [0, 0.05) is 5.56 Å². The molecule has 2 aromatic carbocycles. The first-order valence-corrected chi connectivity index (χ1v) is 5.62. The average Bonchev–Trinajstić information content (AvgIpc) is 2.41. The van der Waals surface area contributed by atoms with Crippen molar-refractivity contribution in [3.8, 4) is 16.9 Å². The molecule has 2 amide bonds. The first kappa shape index (κ1) is 14.5. The van der Waals surface area contributed by atoms with Gasteiger partial charge in [0.05, 0.1) is 0 Å². The number of rotatable bonds is 2. The molecule has 0 unspecified atom stereocenters. The molecule has 2 aromatic rings. The molecule has 19 heavy (non-hydrogen) atoms. The summed E-state index contributed by atoms with van der Waals surface area (Å²) in [5, 5.41) is 19.3. The van der Waals surface area contributed by atoms with Gasteiger partial charge in [-0.05, 0) is 11.6 Å². The van der Waals surface area contributed by atoms with Gasteiger partial charge < -0.3 is 21.3 Å². The molecule has 0 atom stereocenters. The summed E-state index contributed by atoms with van der Waals surface area (Å²) in [4.78, 5) is 9.55. The van der Waals surface area contributed by atoms with Crippen molar-refractivity contribution in [2.45, 2.75) is 0 Å². The van der Waals surface area contributed by atoms with E-state index in [1.807, 2.05) is 53.8 Å². The third-order valence-electron chi connectivity index (χ3n) is 2.24. The molecule has 5 N–H and O–H groups in total. The van der Waals surface area contributed by atoms with E-state index in [4.69, 9.17) is 5.11 Å². The molecular formula is C14H16N2O3. The second kappa shape index (κ2) is 7.73. The van der Waals surface area contributed by atoms with Crippen molar-refractivity contribution in [3.63, 3.8) is 0 Å². The zero-order chi connectivity index (χ0) is 14.1. The standard InChI is InChI=1S/C12H10O.C2H6N2O2/c13-12-9-5-4-8-11(12)10-6-2-1-3-7-10;3-2(6)4-1-5/h1-9,13H;5H,1H2,(H3,3,4,6). The Morgan fingerprint density at radius 3 is 2.11 bits per heavy atom. The lowest BCUT2D eigenvalue weighted by atomic mass is 10.1. The van der Waals surface area contributed by atoms with E-state index in [-0.39, 0.29) is 0 Å². The smallest absolute Gasteiger partial charge is 0.313 e. The topological polar surface area (TPSA) is 95.6 Å². The van der Waals surface area contributed by atoms with Gasteiger partial charge in [-0.1, -0.05) is 48.5 Å². The molecule has 0 aliphatic carbocycles. The molecule has 0 heterocycles. The highest BCUT2D eigenvalue weighted by Crippen LogP contribution is 2.27. The van der Waals surface area contributed by atoms with Crippen molar-refractivity contribution in [1.82, 2.24) is 5.32 Å². The lowest BCUT2D eigenvalue weighted by molar-refractivity contribution is 0.225. The van der Waals surface area contributed by atoms with Gasteiger partial charge in [-0.15, -0.1) is 0 Å². The van der Waals surface area contributed by atoms with E-state index in [2.05, 4.69) is 5.73 Å². The fourth-order valence-corrected chi connectivity index (χ4v) is 1.41. The van der Waals surface area contributed by atoms with Crippen LogP contribution in [0.3, 0.4) is 0 Å². The summed E-state index contributed by atoms with van der Waals surface area (Å²) in [7, 11) is 0. The summed E-state index contributed by atoms with van der Waals surface area (Å²) in [6, 6.07) is 16.5. The van der Waals surface area contributed by atoms with Gasteiger partial charge in [0.15, 0.2) is 0 Å². The summed E-state index contributed by atoms with van der Waals surface area (Å²) < 4.78 is 0. The van der Waals surface area contributed by atoms with E-state index in [1.165, 1.54) is 0 Å². The van der Waals surface area contributed by atoms with Crippen LogP contribution in [0.2, 0.25) is 0 Å². The van der Waals surface area contributed by atoms with Crippen molar-refractivity contribution in [1.29, 1.82) is 0 Å². The maximum atomic E-state index is 9.56. The van der Waals surface area contributed by atoms with Gasteiger partial charge in [-0.25, -0.2) is 4.79 Å². The average molecular weight is 260 g/mol. The molecular weight excluding hydrogens is 244 g/mol. The molecule has 5 nitrogen and oxygen atoms in total. The molecule has 0 spiro atoms. The number of carbonyl (C=O) groups is 1. The molecule has 0 aromatic heterocycles. The predicted molar refractivity (Wildman–Crippen MR) is 73.3 cm³/mol. The molecule has 0 aliphatic heterocycles. The molecule has 0 radical (unpaired) electrons. The number of urea groups is 1. The number of aliphatic hydroxyl groups is 1. The summed E-state index contributed by atoms with van der Waals surface area (Å²) >= 11 is 0. The second-order valence-electron chi connectivity index (χ2n) is 3.58. The van der Waals surface area contributed by atoms with E-state index in [1.54, 1.807) is 6.07 Å². The zero-order valence-electron chi connectivity index (χ0n) is 10.3. The molecule has 100 valence electrons. The van der Waals surface area contributed by atoms with E-state index in [0.717, 1.165) is 11.1 Å². The Hall–Kier alpha value is -2.53. The number of benzene rings is 2. The molecule has 2 rings (SSSR count). The van der Waals surface area contributed by atoms with Gasteiger partial charge in [0.1, 0.15) is 12.5 Å². The molecule has 0 saturated carbocycles. The Bertz CT molecular complexity index is 515. The minimum atomic E-state index is -0.711. The Labute approximate surface area is 111 Å². The number of primary amides is 1. The van der Waals surface area contributed by atoms with Gasteiger partial charge in [0.2, 0.25) is 0 Å². The van der Waals surface area contributed by atoms with Crippen molar-refractivity contribution in [2.24, 2.45) is 5.73 Å². The zero-order valence-corrected chi connectivity index (χ0v) is 10.3. The number of hydrogen-bond donors (Lipinski definition) is 4. The van der Waals surface area contributed by atoms with Gasteiger partial charge >= 0.3 is 6.03 Å². The molecule has 0 fully saturated rings. The number of phenols is 1. The highest BCUT2D eigenvalue weighted by atomic mass is 16.3. The Morgan fingerprint density at radius 2 is 1.63 bits per heavy atom. The van der Waals surface area contributed by atoms with Crippen molar-refractivity contribution < 1.29 is 15.0 Å². The number of hydrogen-bond acceptors (Lipinski definition) is 3. The van der Waals surface area contributed by atoms with Crippen LogP contribution < -0.4 is 11.1 Å². The maximum absolute atomic E-state index is 9.56. The number of para-hydroxylation sites is 1. The fourth-order valence-electron chi connectivity index (χ4n) is 1.41. The minimum absolute atomic E-state index is 0.328. The number of carbonyl (C=O) groups excluding carboxylic acids is 1. The summed E-state index contributed by atoms with van der Waals surface area (Å²) in [6.07, 6.45) is 0. The first-order chi connectivity index (χ1) is 9.15. The number of phenolic OH excluding ortho intramolecular Hbond substituents is 1. The normalized spacial score (nSPS) is 9.11.